The van der Waals surface area contributed by atoms with Crippen LogP contribution in [-0.2, 0) is 4.79 Å². The zero-order chi connectivity index (χ0) is 13.0. The Labute approximate surface area is 106 Å². The second-order valence-corrected chi connectivity index (χ2v) is 5.23. The van der Waals surface area contributed by atoms with Gasteiger partial charge >= 0.3 is 0 Å². The summed E-state index contributed by atoms with van der Waals surface area (Å²) in [5, 5.41) is 4.64. The van der Waals surface area contributed by atoms with Crippen molar-refractivity contribution in [3.63, 3.8) is 0 Å². The van der Waals surface area contributed by atoms with Crippen molar-refractivity contribution in [3.8, 4) is 0 Å². The van der Waals surface area contributed by atoms with E-state index in [0.717, 1.165) is 5.56 Å². The zero-order valence-electron chi connectivity index (χ0n) is 10.6. The molecule has 1 aromatic heterocycles. The molecule has 1 N–H and O–H groups in total. The fourth-order valence-electron chi connectivity index (χ4n) is 1.42. The summed E-state index contributed by atoms with van der Waals surface area (Å²) in [4.78, 5) is 25.7. The Morgan fingerprint density at radius 2 is 2.12 bits per heavy atom. The van der Waals surface area contributed by atoms with Gasteiger partial charge in [0.25, 0.3) is 5.91 Å². The number of nitrogens with one attached hydrogen (secondary N) is 1. The van der Waals surface area contributed by atoms with Crippen LogP contribution in [-0.4, -0.2) is 36.3 Å². The Balaban J connectivity index is 2.59. The van der Waals surface area contributed by atoms with Gasteiger partial charge in [-0.25, -0.2) is 0 Å². The number of amides is 2. The number of rotatable bonds is 4. The lowest BCUT2D eigenvalue weighted by atomic mass is 10.2. The third kappa shape index (κ3) is 3.85. The predicted molar refractivity (Wildman–Crippen MR) is 69.3 cm³/mol. The first kappa shape index (κ1) is 13.7. The second-order valence-electron chi connectivity index (χ2n) is 4.32. The van der Waals surface area contributed by atoms with Crippen molar-refractivity contribution in [2.45, 2.75) is 26.8 Å². The monoisotopic (exact) mass is 254 g/mol. The van der Waals surface area contributed by atoms with Crippen molar-refractivity contribution in [3.05, 3.63) is 21.9 Å². The minimum absolute atomic E-state index is 0.0916. The van der Waals surface area contributed by atoms with E-state index in [1.54, 1.807) is 7.05 Å². The molecule has 0 atom stereocenters. The molecule has 17 heavy (non-hydrogen) atoms. The van der Waals surface area contributed by atoms with Crippen LogP contribution in [0.2, 0.25) is 0 Å². The number of nitrogens with zero attached hydrogens (tertiary/aromatic N) is 1. The van der Waals surface area contributed by atoms with Gasteiger partial charge in [-0.15, -0.1) is 11.3 Å². The molecule has 0 bridgehead atoms. The van der Waals surface area contributed by atoms with Crippen LogP contribution in [0.1, 0.15) is 29.1 Å². The summed E-state index contributed by atoms with van der Waals surface area (Å²) in [6, 6.07) is 1.99. The van der Waals surface area contributed by atoms with Crippen molar-refractivity contribution in [1.29, 1.82) is 0 Å². The van der Waals surface area contributed by atoms with Gasteiger partial charge in [-0.05, 0) is 37.8 Å². The minimum atomic E-state index is -0.134. The number of aryl methyl sites for hydroxylation is 1. The van der Waals surface area contributed by atoms with Gasteiger partial charge in [0, 0.05) is 13.1 Å². The summed E-state index contributed by atoms with van der Waals surface area (Å²) in [6.45, 7) is 5.77. The van der Waals surface area contributed by atoms with E-state index in [4.69, 9.17) is 0 Å². The number of hydrogen-bond donors (Lipinski definition) is 1. The van der Waals surface area contributed by atoms with Gasteiger partial charge in [0.1, 0.15) is 0 Å². The Morgan fingerprint density at radius 3 is 2.59 bits per heavy atom. The molecule has 5 heteroatoms. The maximum Gasteiger partial charge on any atom is 0.264 e. The highest BCUT2D eigenvalue weighted by Gasteiger charge is 2.17. The maximum absolute atomic E-state index is 12.0. The molecule has 0 radical (unpaired) electrons. The molecule has 0 aliphatic carbocycles. The molecular formula is C12H18N2O2S. The van der Waals surface area contributed by atoms with Gasteiger partial charge in [0.05, 0.1) is 11.4 Å². The van der Waals surface area contributed by atoms with Gasteiger partial charge in [-0.3, -0.25) is 9.59 Å². The van der Waals surface area contributed by atoms with E-state index in [2.05, 4.69) is 5.32 Å². The fraction of sp³-hybridized carbons (Fsp3) is 0.500. The molecule has 1 aromatic rings. The Kier molecular flexibility index (Phi) is 4.69. The molecule has 0 saturated carbocycles. The van der Waals surface area contributed by atoms with Crippen molar-refractivity contribution in [2.24, 2.45) is 0 Å². The Bertz CT molecular complexity index is 412. The van der Waals surface area contributed by atoms with Crippen LogP contribution < -0.4 is 5.32 Å². The summed E-state index contributed by atoms with van der Waals surface area (Å²) in [7, 11) is 1.64. The van der Waals surface area contributed by atoms with Crippen LogP contribution in [0.4, 0.5) is 0 Å². The van der Waals surface area contributed by atoms with Crippen molar-refractivity contribution in [1.82, 2.24) is 10.2 Å². The van der Waals surface area contributed by atoms with Crippen LogP contribution >= 0.6 is 11.3 Å². The second kappa shape index (κ2) is 5.82. The van der Waals surface area contributed by atoms with Crippen LogP contribution in [0.15, 0.2) is 11.4 Å². The van der Waals surface area contributed by atoms with Crippen molar-refractivity contribution < 1.29 is 9.59 Å². The number of hydrogen-bond acceptors (Lipinski definition) is 3. The lowest BCUT2D eigenvalue weighted by molar-refractivity contribution is -0.122. The predicted octanol–water partition coefficient (Wildman–Crippen LogP) is 1.65. The van der Waals surface area contributed by atoms with Crippen molar-refractivity contribution >= 4 is 23.2 Å². The van der Waals surface area contributed by atoms with E-state index in [9.17, 15) is 9.59 Å². The standard InChI is InChI=1S/C12H18N2O2S/c1-8(2)13-10(15)7-14(4)12(16)11-9(3)5-6-17-11/h5-6,8H,7H2,1-4H3,(H,13,15). The van der Waals surface area contributed by atoms with E-state index >= 15 is 0 Å². The number of thiophene rings is 1. The highest BCUT2D eigenvalue weighted by molar-refractivity contribution is 7.12. The molecule has 0 saturated heterocycles. The summed E-state index contributed by atoms with van der Waals surface area (Å²) in [6.07, 6.45) is 0. The molecule has 0 spiro atoms. The average molecular weight is 254 g/mol. The molecule has 2 amide bonds. The van der Waals surface area contributed by atoms with Crippen LogP contribution in [0.25, 0.3) is 0 Å². The lowest BCUT2D eigenvalue weighted by Gasteiger charge is -2.17. The average Bonchev–Trinajstić information content (AvgIpc) is 2.61. The highest BCUT2D eigenvalue weighted by atomic mass is 32.1. The quantitative estimate of drug-likeness (QED) is 0.888. The molecule has 0 unspecified atom stereocenters. The van der Waals surface area contributed by atoms with E-state index in [1.165, 1.54) is 16.2 Å². The van der Waals surface area contributed by atoms with Gasteiger partial charge in [0.15, 0.2) is 0 Å². The highest BCUT2D eigenvalue weighted by Crippen LogP contribution is 2.17. The van der Waals surface area contributed by atoms with Crippen LogP contribution in [0, 0.1) is 6.92 Å². The summed E-state index contributed by atoms with van der Waals surface area (Å²) in [5.74, 6) is -0.235. The molecule has 0 fully saturated rings. The molecule has 1 rings (SSSR count). The van der Waals surface area contributed by atoms with Crippen LogP contribution in [0.5, 0.6) is 0 Å². The van der Waals surface area contributed by atoms with Gasteiger partial charge in [0.2, 0.25) is 5.91 Å². The number of carbonyl (C=O) groups excluding carboxylic acids is 2. The summed E-state index contributed by atoms with van der Waals surface area (Å²) >= 11 is 1.40. The van der Waals surface area contributed by atoms with Gasteiger partial charge < -0.3 is 10.2 Å². The van der Waals surface area contributed by atoms with Gasteiger partial charge in [-0.2, -0.15) is 0 Å². The van der Waals surface area contributed by atoms with Gasteiger partial charge in [-0.1, -0.05) is 0 Å². The summed E-state index contributed by atoms with van der Waals surface area (Å²) < 4.78 is 0. The zero-order valence-corrected chi connectivity index (χ0v) is 11.4. The molecule has 1 heterocycles. The lowest BCUT2D eigenvalue weighted by Crippen LogP contribution is -2.40. The normalized spacial score (nSPS) is 10.4. The molecule has 0 aromatic carbocycles. The third-order valence-electron chi connectivity index (χ3n) is 2.23. The topological polar surface area (TPSA) is 49.4 Å². The van der Waals surface area contributed by atoms with Crippen LogP contribution in [0.3, 0.4) is 0 Å². The number of carbonyl (C=O) groups is 2. The largest absolute Gasteiger partial charge is 0.352 e. The minimum Gasteiger partial charge on any atom is -0.352 e. The molecule has 4 nitrogen and oxygen atoms in total. The fourth-order valence-corrected chi connectivity index (χ4v) is 2.34. The molecule has 94 valence electrons. The smallest absolute Gasteiger partial charge is 0.264 e. The Morgan fingerprint density at radius 1 is 1.47 bits per heavy atom. The molecule has 0 aliphatic rings. The Hall–Kier alpha value is -1.36. The first-order valence-corrected chi connectivity index (χ1v) is 6.38. The van der Waals surface area contributed by atoms with E-state index < -0.39 is 0 Å². The summed E-state index contributed by atoms with van der Waals surface area (Å²) in [5.41, 5.74) is 0.955. The van der Waals surface area contributed by atoms with Crippen molar-refractivity contribution in [2.75, 3.05) is 13.6 Å². The van der Waals surface area contributed by atoms with E-state index in [0.29, 0.717) is 4.88 Å². The molecule has 0 aliphatic heterocycles. The SMILES string of the molecule is Cc1ccsc1C(=O)N(C)CC(=O)NC(C)C. The van der Waals surface area contributed by atoms with E-state index in [1.807, 2.05) is 32.2 Å². The first-order chi connectivity index (χ1) is 7.91. The third-order valence-corrected chi connectivity index (χ3v) is 3.24. The number of likely N-dealkylation sites (N-methyl/N-ethyl adjacent to an activating group) is 1. The maximum atomic E-state index is 12.0. The molecular weight excluding hydrogens is 236 g/mol. The first-order valence-electron chi connectivity index (χ1n) is 5.50. The van der Waals surface area contributed by atoms with E-state index in [-0.39, 0.29) is 24.4 Å².